The van der Waals surface area contributed by atoms with Gasteiger partial charge in [-0.2, -0.15) is 0 Å². The van der Waals surface area contributed by atoms with E-state index in [1.165, 1.54) is 0 Å². The molecule has 0 aliphatic carbocycles. The summed E-state index contributed by atoms with van der Waals surface area (Å²) in [6.07, 6.45) is 0.549. The molecule has 6 nitrogen and oxygen atoms in total. The Bertz CT molecular complexity index is 863. The summed E-state index contributed by atoms with van der Waals surface area (Å²) in [6, 6.07) is 17.9. The molecule has 0 aromatic heterocycles. The van der Waals surface area contributed by atoms with E-state index in [-0.39, 0.29) is 19.1 Å². The fourth-order valence-corrected chi connectivity index (χ4v) is 3.84. The van der Waals surface area contributed by atoms with Crippen LogP contribution in [0.15, 0.2) is 54.6 Å². The molecular formula is C23H25NO5. The molecule has 3 atom stereocenters. The maximum atomic E-state index is 12.5. The summed E-state index contributed by atoms with van der Waals surface area (Å²) in [5, 5.41) is 12.0. The minimum atomic E-state index is -1.10. The lowest BCUT2D eigenvalue weighted by Gasteiger charge is -2.34. The van der Waals surface area contributed by atoms with Gasteiger partial charge in [-0.3, -0.25) is 14.4 Å². The van der Waals surface area contributed by atoms with E-state index in [1.54, 1.807) is 6.92 Å². The van der Waals surface area contributed by atoms with Crippen LogP contribution in [-0.2, 0) is 25.5 Å². The molecule has 1 fully saturated rings. The highest BCUT2D eigenvalue weighted by Crippen LogP contribution is 2.29. The number of esters is 1. The van der Waals surface area contributed by atoms with Crippen molar-refractivity contribution in [1.29, 1.82) is 0 Å². The predicted octanol–water partition coefficient (Wildman–Crippen LogP) is 3.05. The number of nitrogens with one attached hydrogen (secondary N) is 1. The van der Waals surface area contributed by atoms with Crippen LogP contribution in [0.4, 0.5) is 0 Å². The van der Waals surface area contributed by atoms with E-state index in [4.69, 9.17) is 9.84 Å². The van der Waals surface area contributed by atoms with Gasteiger partial charge in [0.15, 0.2) is 0 Å². The highest BCUT2D eigenvalue weighted by atomic mass is 16.5. The van der Waals surface area contributed by atoms with Crippen molar-refractivity contribution in [2.45, 2.75) is 32.2 Å². The molecule has 1 aliphatic rings. The van der Waals surface area contributed by atoms with E-state index in [1.807, 2.05) is 54.6 Å². The number of hydrogen-bond donors (Lipinski definition) is 2. The molecular weight excluding hydrogens is 370 g/mol. The second-order valence-electron chi connectivity index (χ2n) is 7.27. The summed E-state index contributed by atoms with van der Waals surface area (Å²) in [5.41, 5.74) is 3.27. The Balaban J connectivity index is 1.71. The lowest BCUT2D eigenvalue weighted by Crippen LogP contribution is -2.52. The SMILES string of the molecule is CCOC(=O)C1C[C@@H](Cc2ccc(-c3ccccc3)cc2)NC(=O)[C@H]1CC(=O)O. The van der Waals surface area contributed by atoms with Gasteiger partial charge >= 0.3 is 11.9 Å². The van der Waals surface area contributed by atoms with Crippen LogP contribution in [0.2, 0.25) is 0 Å². The summed E-state index contributed by atoms with van der Waals surface area (Å²) in [4.78, 5) is 36.0. The molecule has 1 amide bonds. The van der Waals surface area contributed by atoms with Crippen molar-refractivity contribution in [3.8, 4) is 11.1 Å². The Morgan fingerprint density at radius 1 is 1.07 bits per heavy atom. The molecule has 2 N–H and O–H groups in total. The van der Waals surface area contributed by atoms with E-state index in [9.17, 15) is 14.4 Å². The molecule has 29 heavy (non-hydrogen) atoms. The number of aliphatic carboxylic acids is 1. The van der Waals surface area contributed by atoms with Crippen LogP contribution in [0.25, 0.3) is 11.1 Å². The smallest absolute Gasteiger partial charge is 0.309 e. The molecule has 3 rings (SSSR count). The molecule has 0 saturated carbocycles. The van der Waals surface area contributed by atoms with Gasteiger partial charge < -0.3 is 15.2 Å². The van der Waals surface area contributed by atoms with Gasteiger partial charge in [-0.1, -0.05) is 54.6 Å². The molecule has 0 bridgehead atoms. The number of carboxylic acid groups (broad SMARTS) is 1. The monoisotopic (exact) mass is 395 g/mol. The number of hydrogen-bond acceptors (Lipinski definition) is 4. The number of piperidine rings is 1. The van der Waals surface area contributed by atoms with Gasteiger partial charge in [-0.25, -0.2) is 0 Å². The zero-order valence-electron chi connectivity index (χ0n) is 16.3. The van der Waals surface area contributed by atoms with Crippen LogP contribution >= 0.6 is 0 Å². The Kier molecular flexibility index (Phi) is 6.65. The predicted molar refractivity (Wildman–Crippen MR) is 108 cm³/mol. The summed E-state index contributed by atoms with van der Waals surface area (Å²) in [5.74, 6) is -3.65. The molecule has 1 aliphatic heterocycles. The Morgan fingerprint density at radius 2 is 1.72 bits per heavy atom. The Labute approximate surface area is 169 Å². The highest BCUT2D eigenvalue weighted by Gasteiger charge is 2.42. The van der Waals surface area contributed by atoms with Crippen LogP contribution in [0.3, 0.4) is 0 Å². The fourth-order valence-electron chi connectivity index (χ4n) is 3.84. The third-order valence-corrected chi connectivity index (χ3v) is 5.23. The molecule has 152 valence electrons. The second-order valence-corrected chi connectivity index (χ2v) is 7.27. The van der Waals surface area contributed by atoms with Crippen LogP contribution in [0, 0.1) is 11.8 Å². The molecule has 0 spiro atoms. The molecule has 6 heteroatoms. The van der Waals surface area contributed by atoms with Gasteiger partial charge in [-0.05, 0) is 36.5 Å². The lowest BCUT2D eigenvalue weighted by molar-refractivity contribution is -0.157. The van der Waals surface area contributed by atoms with Crippen molar-refractivity contribution in [1.82, 2.24) is 5.32 Å². The highest BCUT2D eigenvalue weighted by molar-refractivity contribution is 5.89. The first-order chi connectivity index (χ1) is 14.0. The number of carbonyl (C=O) groups excluding carboxylic acids is 2. The van der Waals surface area contributed by atoms with Crippen LogP contribution in [0.1, 0.15) is 25.3 Å². The first kappa shape index (κ1) is 20.6. The van der Waals surface area contributed by atoms with E-state index in [2.05, 4.69) is 5.32 Å². The topological polar surface area (TPSA) is 92.7 Å². The maximum absolute atomic E-state index is 12.5. The molecule has 1 unspecified atom stereocenters. The average Bonchev–Trinajstić information content (AvgIpc) is 2.71. The molecule has 2 aromatic carbocycles. The van der Waals surface area contributed by atoms with E-state index < -0.39 is 29.7 Å². The normalized spacial score (nSPS) is 21.3. The minimum absolute atomic E-state index is 0.197. The Hall–Kier alpha value is -3.15. The number of ether oxygens (including phenoxy) is 1. The summed E-state index contributed by atoms with van der Waals surface area (Å²) >= 11 is 0. The second kappa shape index (κ2) is 9.37. The summed E-state index contributed by atoms with van der Waals surface area (Å²) in [7, 11) is 0. The maximum Gasteiger partial charge on any atom is 0.309 e. The van der Waals surface area contributed by atoms with Crippen molar-refractivity contribution < 1.29 is 24.2 Å². The minimum Gasteiger partial charge on any atom is -0.481 e. The van der Waals surface area contributed by atoms with Gasteiger partial charge in [0.05, 0.1) is 24.9 Å². The van der Waals surface area contributed by atoms with Crippen LogP contribution in [-0.4, -0.2) is 35.6 Å². The zero-order chi connectivity index (χ0) is 20.8. The van der Waals surface area contributed by atoms with Gasteiger partial charge in [0, 0.05) is 6.04 Å². The van der Waals surface area contributed by atoms with E-state index in [0.717, 1.165) is 16.7 Å². The van der Waals surface area contributed by atoms with Gasteiger partial charge in [-0.15, -0.1) is 0 Å². The molecule has 2 aromatic rings. The van der Waals surface area contributed by atoms with Crippen molar-refractivity contribution in [3.05, 3.63) is 60.2 Å². The zero-order valence-corrected chi connectivity index (χ0v) is 16.3. The van der Waals surface area contributed by atoms with E-state index >= 15 is 0 Å². The van der Waals surface area contributed by atoms with Crippen molar-refractivity contribution in [3.63, 3.8) is 0 Å². The molecule has 0 radical (unpaired) electrons. The van der Waals surface area contributed by atoms with E-state index in [0.29, 0.717) is 12.8 Å². The number of carboxylic acids is 1. The fraction of sp³-hybridized carbons (Fsp3) is 0.348. The summed E-state index contributed by atoms with van der Waals surface area (Å²) in [6.45, 7) is 1.89. The molecule has 1 heterocycles. The quantitative estimate of drug-likeness (QED) is 0.703. The largest absolute Gasteiger partial charge is 0.481 e. The number of benzene rings is 2. The van der Waals surface area contributed by atoms with Crippen molar-refractivity contribution in [2.75, 3.05) is 6.61 Å². The average molecular weight is 395 g/mol. The third-order valence-electron chi connectivity index (χ3n) is 5.23. The van der Waals surface area contributed by atoms with Crippen LogP contribution < -0.4 is 5.32 Å². The number of amides is 1. The van der Waals surface area contributed by atoms with Gasteiger partial charge in [0.2, 0.25) is 5.91 Å². The third kappa shape index (κ3) is 5.22. The first-order valence-electron chi connectivity index (χ1n) is 9.81. The Morgan fingerprint density at radius 3 is 2.34 bits per heavy atom. The number of rotatable bonds is 7. The van der Waals surface area contributed by atoms with Crippen molar-refractivity contribution in [2.24, 2.45) is 11.8 Å². The molecule has 1 saturated heterocycles. The van der Waals surface area contributed by atoms with Gasteiger partial charge in [0.1, 0.15) is 0 Å². The first-order valence-corrected chi connectivity index (χ1v) is 9.81. The van der Waals surface area contributed by atoms with Crippen molar-refractivity contribution >= 4 is 17.8 Å². The van der Waals surface area contributed by atoms with Crippen LogP contribution in [0.5, 0.6) is 0 Å². The lowest BCUT2D eigenvalue weighted by atomic mass is 9.79. The number of carbonyl (C=O) groups is 3. The standard InChI is InChI=1S/C23H25NO5/c1-2-29-23(28)20-13-18(24-22(27)19(20)14-21(25)26)12-15-8-10-17(11-9-15)16-6-4-3-5-7-16/h3-11,18-20H,2,12-14H2,1H3,(H,24,27)(H,25,26)/t18-,19+,20?/m1/s1. The van der Waals surface area contributed by atoms with Gasteiger partial charge in [0.25, 0.3) is 0 Å². The summed E-state index contributed by atoms with van der Waals surface area (Å²) < 4.78 is 5.09.